The Kier molecular flexibility index (Phi) is 5.04. The van der Waals surface area contributed by atoms with Gasteiger partial charge in [-0.15, -0.1) is 0 Å². The number of nitrogens with one attached hydrogen (secondary N) is 2. The van der Waals surface area contributed by atoms with Crippen molar-refractivity contribution in [3.05, 3.63) is 70.6 Å². The molecular formula is C17H13N3O5S2. The number of carbonyl (C=O) groups excluding carboxylic acids is 1. The van der Waals surface area contributed by atoms with E-state index in [1.165, 1.54) is 30.3 Å². The first-order chi connectivity index (χ1) is 12.7. The Hall–Kier alpha value is -3.08. The minimum absolute atomic E-state index is 0.0585. The first kappa shape index (κ1) is 18.7. The predicted octanol–water partition coefficient (Wildman–Crippen LogP) is 1.57. The summed E-state index contributed by atoms with van der Waals surface area (Å²) in [5, 5.41) is 10.6. The summed E-state index contributed by atoms with van der Waals surface area (Å²) in [7, 11) is -3.80. The molecule has 0 radical (unpaired) electrons. The summed E-state index contributed by atoms with van der Waals surface area (Å²) in [6, 6.07) is 13.7. The molecule has 0 atom stereocenters. The zero-order valence-electron chi connectivity index (χ0n) is 13.6. The largest absolute Gasteiger partial charge is 0.422 e. The number of anilines is 1. The number of nitrogens with two attached hydrogens (primary N) is 1. The van der Waals surface area contributed by atoms with E-state index in [1.807, 2.05) is 0 Å². The fraction of sp³-hybridized carbons (Fsp3) is 0. The molecule has 0 aliphatic heterocycles. The molecule has 0 fully saturated rings. The van der Waals surface area contributed by atoms with Crippen molar-refractivity contribution >= 4 is 49.9 Å². The number of hydrogen-bond acceptors (Lipinski definition) is 6. The van der Waals surface area contributed by atoms with E-state index in [4.69, 9.17) is 21.8 Å². The molecule has 1 heterocycles. The lowest BCUT2D eigenvalue weighted by molar-refractivity contribution is 0.0974. The summed E-state index contributed by atoms with van der Waals surface area (Å²) in [5.41, 5.74) is -0.179. The molecule has 2 aromatic carbocycles. The number of thiocarbonyl (C=S) groups is 1. The number of amides is 1. The van der Waals surface area contributed by atoms with Crippen LogP contribution in [-0.2, 0) is 10.0 Å². The Bertz CT molecular complexity index is 1200. The number of para-hydroxylation sites is 1. The van der Waals surface area contributed by atoms with Crippen molar-refractivity contribution in [1.29, 1.82) is 0 Å². The van der Waals surface area contributed by atoms with Crippen LogP contribution < -0.4 is 21.4 Å². The molecule has 0 unspecified atom stereocenters. The molecule has 3 rings (SSSR count). The third-order valence-electron chi connectivity index (χ3n) is 3.55. The number of benzene rings is 2. The van der Waals surface area contributed by atoms with Crippen LogP contribution in [0.4, 0.5) is 5.69 Å². The zero-order valence-corrected chi connectivity index (χ0v) is 15.3. The predicted molar refractivity (Wildman–Crippen MR) is 104 cm³/mol. The molecule has 1 aromatic heterocycles. The minimum atomic E-state index is -3.80. The molecule has 10 heteroatoms. The summed E-state index contributed by atoms with van der Waals surface area (Å²) >= 11 is 5.04. The van der Waals surface area contributed by atoms with Crippen LogP contribution in [0.1, 0.15) is 10.4 Å². The second kappa shape index (κ2) is 7.27. The van der Waals surface area contributed by atoms with Gasteiger partial charge in [0.05, 0.1) is 4.90 Å². The van der Waals surface area contributed by atoms with Gasteiger partial charge in [-0.05, 0) is 48.6 Å². The number of sulfonamides is 1. The van der Waals surface area contributed by atoms with Crippen LogP contribution in [0.3, 0.4) is 0 Å². The Labute approximate surface area is 159 Å². The molecule has 27 heavy (non-hydrogen) atoms. The standard InChI is InChI=1S/C17H13N3O5S2/c18-27(23,24)12-7-5-11(6-8-12)19-17(26)20-15(21)13-9-10-3-1-2-4-14(10)25-16(13)22/h1-9H,(H2,18,23,24)(H2,19,20,21,26). The van der Waals surface area contributed by atoms with E-state index in [9.17, 15) is 18.0 Å². The van der Waals surface area contributed by atoms with Gasteiger partial charge >= 0.3 is 5.63 Å². The number of carbonyl (C=O) groups is 1. The van der Waals surface area contributed by atoms with E-state index in [2.05, 4.69) is 10.6 Å². The van der Waals surface area contributed by atoms with E-state index >= 15 is 0 Å². The second-order valence-electron chi connectivity index (χ2n) is 5.46. The molecule has 3 aromatic rings. The number of rotatable bonds is 3. The molecule has 1 amide bonds. The molecular weight excluding hydrogens is 390 g/mol. The summed E-state index contributed by atoms with van der Waals surface area (Å²) in [5.74, 6) is -0.729. The highest BCUT2D eigenvalue weighted by Crippen LogP contribution is 2.14. The lowest BCUT2D eigenvalue weighted by Crippen LogP contribution is -2.36. The van der Waals surface area contributed by atoms with Crippen LogP contribution in [0.5, 0.6) is 0 Å². The van der Waals surface area contributed by atoms with Crippen molar-refractivity contribution in [3.8, 4) is 0 Å². The van der Waals surface area contributed by atoms with Crippen LogP contribution in [-0.4, -0.2) is 19.4 Å². The maximum Gasteiger partial charge on any atom is 0.349 e. The maximum absolute atomic E-state index is 12.3. The van der Waals surface area contributed by atoms with Gasteiger partial charge < -0.3 is 9.73 Å². The van der Waals surface area contributed by atoms with Crippen LogP contribution in [0.25, 0.3) is 11.0 Å². The first-order valence-electron chi connectivity index (χ1n) is 7.52. The smallest absolute Gasteiger partial charge is 0.349 e. The SMILES string of the molecule is NS(=O)(=O)c1ccc(NC(=S)NC(=O)c2cc3ccccc3oc2=O)cc1. The van der Waals surface area contributed by atoms with Crippen molar-refractivity contribution in [2.24, 2.45) is 5.14 Å². The second-order valence-corrected chi connectivity index (χ2v) is 7.43. The van der Waals surface area contributed by atoms with Gasteiger partial charge in [0.1, 0.15) is 11.1 Å². The average molecular weight is 403 g/mol. The molecule has 0 saturated carbocycles. The zero-order chi connectivity index (χ0) is 19.6. The van der Waals surface area contributed by atoms with Gasteiger partial charge in [-0.25, -0.2) is 18.4 Å². The van der Waals surface area contributed by atoms with Gasteiger partial charge in [-0.2, -0.15) is 0 Å². The Balaban J connectivity index is 1.73. The van der Waals surface area contributed by atoms with Crippen LogP contribution in [0.15, 0.2) is 68.7 Å². The normalized spacial score (nSPS) is 11.1. The number of primary sulfonamides is 1. The van der Waals surface area contributed by atoms with Crippen molar-refractivity contribution < 1.29 is 17.6 Å². The minimum Gasteiger partial charge on any atom is -0.422 e. The van der Waals surface area contributed by atoms with Gasteiger partial charge in [0, 0.05) is 11.1 Å². The fourth-order valence-electron chi connectivity index (χ4n) is 2.28. The lowest BCUT2D eigenvalue weighted by atomic mass is 10.2. The van der Waals surface area contributed by atoms with Crippen LogP contribution in [0, 0.1) is 0 Å². The van der Waals surface area contributed by atoms with Gasteiger partial charge in [-0.1, -0.05) is 18.2 Å². The molecule has 138 valence electrons. The molecule has 4 N–H and O–H groups in total. The molecule has 0 bridgehead atoms. The molecule has 0 saturated heterocycles. The number of fused-ring (bicyclic) bond motifs is 1. The van der Waals surface area contributed by atoms with Crippen molar-refractivity contribution in [2.45, 2.75) is 4.90 Å². The summed E-state index contributed by atoms with van der Waals surface area (Å²) in [4.78, 5) is 24.2. The van der Waals surface area contributed by atoms with Crippen molar-refractivity contribution in [2.75, 3.05) is 5.32 Å². The summed E-state index contributed by atoms with van der Waals surface area (Å²) in [6.07, 6.45) is 0. The van der Waals surface area contributed by atoms with E-state index in [0.29, 0.717) is 16.7 Å². The highest BCUT2D eigenvalue weighted by atomic mass is 32.2. The van der Waals surface area contributed by atoms with E-state index in [0.717, 1.165) is 0 Å². The fourth-order valence-corrected chi connectivity index (χ4v) is 3.01. The maximum atomic E-state index is 12.3. The van der Waals surface area contributed by atoms with E-state index in [-0.39, 0.29) is 15.6 Å². The Morgan fingerprint density at radius 2 is 1.74 bits per heavy atom. The molecule has 0 aliphatic carbocycles. The molecule has 0 aliphatic rings. The highest BCUT2D eigenvalue weighted by molar-refractivity contribution is 7.89. The molecule has 0 spiro atoms. The lowest BCUT2D eigenvalue weighted by Gasteiger charge is -2.10. The van der Waals surface area contributed by atoms with Crippen molar-refractivity contribution in [1.82, 2.24) is 5.32 Å². The van der Waals surface area contributed by atoms with Gasteiger partial charge in [-0.3, -0.25) is 10.1 Å². The van der Waals surface area contributed by atoms with Crippen molar-refractivity contribution in [3.63, 3.8) is 0 Å². The molecule has 8 nitrogen and oxygen atoms in total. The monoisotopic (exact) mass is 403 g/mol. The highest BCUT2D eigenvalue weighted by Gasteiger charge is 2.15. The summed E-state index contributed by atoms with van der Waals surface area (Å²) in [6.45, 7) is 0. The third-order valence-corrected chi connectivity index (χ3v) is 4.69. The van der Waals surface area contributed by atoms with E-state index in [1.54, 1.807) is 24.3 Å². The van der Waals surface area contributed by atoms with Crippen LogP contribution >= 0.6 is 12.2 Å². The van der Waals surface area contributed by atoms with Gasteiger partial charge in [0.2, 0.25) is 10.0 Å². The Morgan fingerprint density at radius 1 is 1.07 bits per heavy atom. The third kappa shape index (κ3) is 4.37. The first-order valence-corrected chi connectivity index (χ1v) is 9.47. The van der Waals surface area contributed by atoms with E-state index < -0.39 is 21.6 Å². The topological polar surface area (TPSA) is 132 Å². The van der Waals surface area contributed by atoms with Gasteiger partial charge in [0.25, 0.3) is 5.91 Å². The quantitative estimate of drug-likeness (QED) is 0.447. The average Bonchev–Trinajstić information content (AvgIpc) is 2.60. The van der Waals surface area contributed by atoms with Gasteiger partial charge in [0.15, 0.2) is 5.11 Å². The Morgan fingerprint density at radius 3 is 2.41 bits per heavy atom. The summed E-state index contributed by atoms with van der Waals surface area (Å²) < 4.78 is 27.6. The number of hydrogen-bond donors (Lipinski definition) is 3. The van der Waals surface area contributed by atoms with Crippen LogP contribution in [0.2, 0.25) is 0 Å².